The largest absolute Gasteiger partial charge is 0.450 e. The Morgan fingerprint density at radius 3 is 2.86 bits per heavy atom. The first-order chi connectivity index (χ1) is 10.7. The molecule has 1 amide bonds. The van der Waals surface area contributed by atoms with Crippen LogP contribution >= 0.6 is 11.6 Å². The summed E-state index contributed by atoms with van der Waals surface area (Å²) < 4.78 is 4.78. The van der Waals surface area contributed by atoms with E-state index >= 15 is 0 Å². The minimum atomic E-state index is -0.503. The third kappa shape index (κ3) is 5.26. The molecule has 1 aromatic heterocycles. The molecule has 6 heteroatoms. The Balaban J connectivity index is 1.80. The van der Waals surface area contributed by atoms with Gasteiger partial charge in [0.1, 0.15) is 5.82 Å². The molecule has 116 valence electrons. The maximum atomic E-state index is 11.3. The molecule has 0 saturated carbocycles. The Morgan fingerprint density at radius 1 is 1.32 bits per heavy atom. The molecule has 2 aromatic rings. The van der Waals surface area contributed by atoms with Gasteiger partial charge in [0.2, 0.25) is 0 Å². The smallest absolute Gasteiger partial charge is 0.412 e. The molecule has 1 heterocycles. The van der Waals surface area contributed by atoms with Crippen LogP contribution in [0.1, 0.15) is 12.5 Å². The maximum Gasteiger partial charge on any atom is 0.412 e. The lowest BCUT2D eigenvalue weighted by Gasteiger charge is -2.08. The van der Waals surface area contributed by atoms with Gasteiger partial charge in [-0.25, -0.2) is 9.78 Å². The van der Waals surface area contributed by atoms with E-state index in [4.69, 9.17) is 16.3 Å². The summed E-state index contributed by atoms with van der Waals surface area (Å²) in [5.41, 5.74) is 2.06. The topological polar surface area (TPSA) is 63.2 Å². The summed E-state index contributed by atoms with van der Waals surface area (Å²) in [6.07, 6.45) is 2.03. The van der Waals surface area contributed by atoms with Crippen molar-refractivity contribution in [3.63, 3.8) is 0 Å². The van der Waals surface area contributed by atoms with Crippen LogP contribution in [0.15, 0.2) is 42.6 Å². The number of aromatic nitrogens is 1. The summed E-state index contributed by atoms with van der Waals surface area (Å²) in [6, 6.07) is 11.4. The Labute approximate surface area is 134 Å². The summed E-state index contributed by atoms with van der Waals surface area (Å²) in [5.74, 6) is 0.457. The number of ether oxygens (including phenoxy) is 1. The maximum absolute atomic E-state index is 11.3. The minimum absolute atomic E-state index is 0.328. The van der Waals surface area contributed by atoms with Crippen molar-refractivity contribution in [2.45, 2.75) is 13.3 Å². The molecule has 0 aliphatic heterocycles. The highest BCUT2D eigenvalue weighted by atomic mass is 35.5. The van der Waals surface area contributed by atoms with Crippen molar-refractivity contribution < 1.29 is 9.53 Å². The van der Waals surface area contributed by atoms with Gasteiger partial charge >= 0.3 is 6.09 Å². The lowest BCUT2D eigenvalue weighted by molar-refractivity contribution is 0.168. The number of carbonyl (C=O) groups is 1. The zero-order chi connectivity index (χ0) is 15.8. The Bertz CT molecular complexity index is 617. The monoisotopic (exact) mass is 319 g/mol. The lowest BCUT2D eigenvalue weighted by atomic mass is 10.1. The van der Waals surface area contributed by atoms with Gasteiger partial charge < -0.3 is 10.1 Å². The van der Waals surface area contributed by atoms with Crippen LogP contribution in [-0.2, 0) is 11.2 Å². The number of anilines is 2. The molecular weight excluding hydrogens is 302 g/mol. The molecule has 22 heavy (non-hydrogen) atoms. The minimum Gasteiger partial charge on any atom is -0.450 e. The van der Waals surface area contributed by atoms with Crippen molar-refractivity contribution in [3.05, 3.63) is 53.2 Å². The molecule has 5 nitrogen and oxygen atoms in total. The molecule has 0 saturated heterocycles. The van der Waals surface area contributed by atoms with E-state index in [1.807, 2.05) is 30.3 Å². The van der Waals surface area contributed by atoms with Gasteiger partial charge in [-0.3, -0.25) is 5.32 Å². The molecule has 0 unspecified atom stereocenters. The molecule has 0 fully saturated rings. The quantitative estimate of drug-likeness (QED) is 0.846. The van der Waals surface area contributed by atoms with Gasteiger partial charge in [-0.1, -0.05) is 23.7 Å². The fraction of sp³-hybridized carbons (Fsp3) is 0.250. The number of benzene rings is 1. The fourth-order valence-electron chi connectivity index (χ4n) is 1.89. The van der Waals surface area contributed by atoms with Crippen LogP contribution in [0.4, 0.5) is 16.3 Å². The van der Waals surface area contributed by atoms with E-state index < -0.39 is 6.09 Å². The van der Waals surface area contributed by atoms with Crippen LogP contribution in [-0.4, -0.2) is 24.2 Å². The predicted molar refractivity (Wildman–Crippen MR) is 88.5 cm³/mol. The third-order valence-corrected chi connectivity index (χ3v) is 3.14. The summed E-state index contributed by atoms with van der Waals surface area (Å²) in [7, 11) is 0. The Hall–Kier alpha value is -2.27. The van der Waals surface area contributed by atoms with Gasteiger partial charge in [-0.15, -0.1) is 0 Å². The molecule has 2 rings (SSSR count). The number of pyridine rings is 1. The second kappa shape index (κ2) is 8.24. The standard InChI is InChI=1S/C16H18ClN3O2/c1-2-22-16(21)20-15-7-6-14(11-19-15)18-9-8-12-4-3-5-13(17)10-12/h3-7,10-11,18H,2,8-9H2,1H3,(H,19,20,21). The highest BCUT2D eigenvalue weighted by Crippen LogP contribution is 2.13. The molecule has 1 aromatic carbocycles. The van der Waals surface area contributed by atoms with Crippen molar-refractivity contribution in [2.24, 2.45) is 0 Å². The SMILES string of the molecule is CCOC(=O)Nc1ccc(NCCc2cccc(Cl)c2)cn1. The first-order valence-electron chi connectivity index (χ1n) is 7.05. The van der Waals surface area contributed by atoms with Gasteiger partial charge in [0.15, 0.2) is 0 Å². The molecule has 0 spiro atoms. The first-order valence-corrected chi connectivity index (χ1v) is 7.43. The van der Waals surface area contributed by atoms with Gasteiger partial charge in [-0.2, -0.15) is 0 Å². The number of hydrogen-bond acceptors (Lipinski definition) is 4. The summed E-state index contributed by atoms with van der Waals surface area (Å²) in [4.78, 5) is 15.4. The Morgan fingerprint density at radius 2 is 2.18 bits per heavy atom. The highest BCUT2D eigenvalue weighted by molar-refractivity contribution is 6.30. The number of carbonyl (C=O) groups excluding carboxylic acids is 1. The number of halogens is 1. The van der Waals surface area contributed by atoms with Gasteiger partial charge in [0, 0.05) is 11.6 Å². The van der Waals surface area contributed by atoms with Crippen LogP contribution in [0.25, 0.3) is 0 Å². The lowest BCUT2D eigenvalue weighted by Crippen LogP contribution is -2.14. The summed E-state index contributed by atoms with van der Waals surface area (Å²) in [6.45, 7) is 2.85. The van der Waals surface area contributed by atoms with Gasteiger partial charge in [0.25, 0.3) is 0 Å². The van der Waals surface area contributed by atoms with Crippen molar-refractivity contribution in [1.82, 2.24) is 4.98 Å². The summed E-state index contributed by atoms with van der Waals surface area (Å²) in [5, 5.41) is 6.56. The first kappa shape index (κ1) is 16.1. The molecule has 0 radical (unpaired) electrons. The Kier molecular flexibility index (Phi) is 6.03. The van der Waals surface area contributed by atoms with Crippen molar-refractivity contribution >= 4 is 29.2 Å². The normalized spacial score (nSPS) is 10.1. The van der Waals surface area contributed by atoms with Crippen LogP contribution in [0, 0.1) is 0 Å². The van der Waals surface area contributed by atoms with E-state index in [2.05, 4.69) is 15.6 Å². The van der Waals surface area contributed by atoms with Crippen molar-refractivity contribution in [1.29, 1.82) is 0 Å². The van der Waals surface area contributed by atoms with Crippen LogP contribution in [0.3, 0.4) is 0 Å². The van der Waals surface area contributed by atoms with Gasteiger partial charge in [-0.05, 0) is 43.2 Å². The fourth-order valence-corrected chi connectivity index (χ4v) is 2.10. The number of nitrogens with one attached hydrogen (secondary N) is 2. The zero-order valence-electron chi connectivity index (χ0n) is 12.3. The van der Waals surface area contributed by atoms with Crippen LogP contribution < -0.4 is 10.6 Å². The van der Waals surface area contributed by atoms with E-state index in [1.54, 1.807) is 19.2 Å². The predicted octanol–water partition coefficient (Wildman–Crippen LogP) is 3.96. The van der Waals surface area contributed by atoms with Crippen LogP contribution in [0.5, 0.6) is 0 Å². The molecule has 0 atom stereocenters. The summed E-state index contributed by atoms with van der Waals surface area (Å²) >= 11 is 5.95. The van der Waals surface area contributed by atoms with Crippen molar-refractivity contribution in [3.8, 4) is 0 Å². The van der Waals surface area contributed by atoms with E-state index in [1.165, 1.54) is 5.56 Å². The molecule has 0 aliphatic rings. The van der Waals surface area contributed by atoms with Crippen molar-refractivity contribution in [2.75, 3.05) is 23.8 Å². The molecule has 0 bridgehead atoms. The molecule has 0 aliphatic carbocycles. The van der Waals surface area contributed by atoms with Crippen LogP contribution in [0.2, 0.25) is 5.02 Å². The average Bonchev–Trinajstić information content (AvgIpc) is 2.49. The average molecular weight is 320 g/mol. The second-order valence-corrected chi connectivity index (χ2v) is 5.02. The number of hydrogen-bond donors (Lipinski definition) is 2. The number of nitrogens with zero attached hydrogens (tertiary/aromatic N) is 1. The highest BCUT2D eigenvalue weighted by Gasteiger charge is 2.02. The van der Waals surface area contributed by atoms with E-state index in [9.17, 15) is 4.79 Å². The third-order valence-electron chi connectivity index (χ3n) is 2.90. The van der Waals surface area contributed by atoms with E-state index in [-0.39, 0.29) is 0 Å². The second-order valence-electron chi connectivity index (χ2n) is 4.58. The van der Waals surface area contributed by atoms with Gasteiger partial charge in [0.05, 0.1) is 18.5 Å². The van der Waals surface area contributed by atoms with E-state index in [0.29, 0.717) is 12.4 Å². The molecule has 2 N–H and O–H groups in total. The number of rotatable bonds is 6. The number of amides is 1. The van der Waals surface area contributed by atoms with E-state index in [0.717, 1.165) is 23.7 Å². The zero-order valence-corrected chi connectivity index (χ0v) is 13.1. The molecular formula is C16H18ClN3O2.